The lowest BCUT2D eigenvalue weighted by molar-refractivity contribution is -0.133. The SMILES string of the molecule is COCCN1CCN(S(C)(=O)=O)CC(C(=O)N(C)C)C1. The summed E-state index contributed by atoms with van der Waals surface area (Å²) < 4.78 is 30.0. The molecule has 1 rings (SSSR count). The highest BCUT2D eigenvalue weighted by Crippen LogP contribution is 2.14. The minimum absolute atomic E-state index is 0.0389. The van der Waals surface area contributed by atoms with Crippen LogP contribution >= 0.6 is 0 Å². The van der Waals surface area contributed by atoms with Crippen molar-refractivity contribution >= 4 is 15.9 Å². The Morgan fingerprint density at radius 2 is 1.95 bits per heavy atom. The average molecular weight is 307 g/mol. The van der Waals surface area contributed by atoms with Gasteiger partial charge in [0.05, 0.1) is 18.8 Å². The van der Waals surface area contributed by atoms with Crippen LogP contribution in [0.2, 0.25) is 0 Å². The Hall–Kier alpha value is -0.700. The lowest BCUT2D eigenvalue weighted by Gasteiger charge is -2.25. The number of methoxy groups -OCH3 is 1. The normalized spacial score (nSPS) is 22.5. The molecule has 1 unspecified atom stereocenters. The van der Waals surface area contributed by atoms with Gasteiger partial charge in [-0.25, -0.2) is 12.7 Å². The van der Waals surface area contributed by atoms with E-state index in [1.807, 2.05) is 0 Å². The first-order chi connectivity index (χ1) is 9.25. The largest absolute Gasteiger partial charge is 0.383 e. The van der Waals surface area contributed by atoms with Gasteiger partial charge in [0.25, 0.3) is 0 Å². The quantitative estimate of drug-likeness (QED) is 0.646. The molecule has 0 radical (unpaired) electrons. The third-order valence-electron chi connectivity index (χ3n) is 3.44. The zero-order valence-electron chi connectivity index (χ0n) is 12.7. The zero-order valence-corrected chi connectivity index (χ0v) is 13.5. The van der Waals surface area contributed by atoms with Crippen molar-refractivity contribution in [1.29, 1.82) is 0 Å². The Labute approximate surface area is 121 Å². The van der Waals surface area contributed by atoms with Crippen LogP contribution in [-0.4, -0.2) is 95.2 Å². The topological polar surface area (TPSA) is 70.2 Å². The highest BCUT2D eigenvalue weighted by molar-refractivity contribution is 7.88. The standard InChI is InChI=1S/C12H25N3O4S/c1-13(2)12(16)11-9-14(7-8-19-3)5-6-15(10-11)20(4,17)18/h11H,5-10H2,1-4H3. The van der Waals surface area contributed by atoms with Crippen molar-refractivity contribution in [2.45, 2.75) is 0 Å². The summed E-state index contributed by atoms with van der Waals surface area (Å²) in [6.07, 6.45) is 1.19. The molecule has 20 heavy (non-hydrogen) atoms. The number of carbonyl (C=O) groups is 1. The van der Waals surface area contributed by atoms with Crippen LogP contribution in [0.4, 0.5) is 0 Å². The van der Waals surface area contributed by atoms with Crippen molar-refractivity contribution in [3.05, 3.63) is 0 Å². The van der Waals surface area contributed by atoms with Crippen LogP contribution in [0, 0.1) is 5.92 Å². The van der Waals surface area contributed by atoms with Gasteiger partial charge in [-0.05, 0) is 0 Å². The van der Waals surface area contributed by atoms with E-state index >= 15 is 0 Å². The molecule has 1 atom stereocenters. The summed E-state index contributed by atoms with van der Waals surface area (Å²) in [5, 5.41) is 0. The van der Waals surface area contributed by atoms with Gasteiger partial charge in [-0.2, -0.15) is 0 Å². The van der Waals surface area contributed by atoms with Crippen LogP contribution in [0.1, 0.15) is 0 Å². The van der Waals surface area contributed by atoms with E-state index in [4.69, 9.17) is 4.74 Å². The second kappa shape index (κ2) is 7.35. The zero-order chi connectivity index (χ0) is 15.3. The van der Waals surface area contributed by atoms with Gasteiger partial charge >= 0.3 is 0 Å². The maximum absolute atomic E-state index is 12.2. The number of ether oxygens (including phenoxy) is 1. The van der Waals surface area contributed by atoms with E-state index in [0.717, 1.165) is 0 Å². The second-order valence-corrected chi connectivity index (χ2v) is 7.33. The lowest BCUT2D eigenvalue weighted by Crippen LogP contribution is -2.42. The number of sulfonamides is 1. The summed E-state index contributed by atoms with van der Waals surface area (Å²) >= 11 is 0. The van der Waals surface area contributed by atoms with Crippen LogP contribution in [0.25, 0.3) is 0 Å². The molecule has 1 saturated heterocycles. The Kier molecular flexibility index (Phi) is 6.38. The van der Waals surface area contributed by atoms with E-state index in [0.29, 0.717) is 32.8 Å². The summed E-state index contributed by atoms with van der Waals surface area (Å²) in [6, 6.07) is 0. The van der Waals surface area contributed by atoms with Crippen LogP contribution in [-0.2, 0) is 19.6 Å². The Morgan fingerprint density at radius 3 is 2.45 bits per heavy atom. The first-order valence-electron chi connectivity index (χ1n) is 6.63. The molecular weight excluding hydrogens is 282 g/mol. The van der Waals surface area contributed by atoms with Crippen molar-refractivity contribution in [2.75, 3.05) is 66.8 Å². The van der Waals surface area contributed by atoms with Gasteiger partial charge in [-0.3, -0.25) is 9.69 Å². The van der Waals surface area contributed by atoms with Crippen molar-refractivity contribution in [1.82, 2.24) is 14.1 Å². The fourth-order valence-electron chi connectivity index (χ4n) is 2.30. The van der Waals surface area contributed by atoms with Gasteiger partial charge in [0.2, 0.25) is 15.9 Å². The van der Waals surface area contributed by atoms with Gasteiger partial charge < -0.3 is 9.64 Å². The molecule has 1 aliphatic rings. The molecule has 1 aliphatic heterocycles. The number of nitrogens with zero attached hydrogens (tertiary/aromatic N) is 3. The number of rotatable bonds is 5. The van der Waals surface area contributed by atoms with Crippen LogP contribution < -0.4 is 0 Å². The van der Waals surface area contributed by atoms with E-state index in [1.165, 1.54) is 15.5 Å². The predicted molar refractivity (Wildman–Crippen MR) is 76.9 cm³/mol. The van der Waals surface area contributed by atoms with Gasteiger partial charge in [-0.1, -0.05) is 0 Å². The van der Waals surface area contributed by atoms with E-state index in [9.17, 15) is 13.2 Å². The monoisotopic (exact) mass is 307 g/mol. The average Bonchev–Trinajstić information content (AvgIpc) is 2.57. The summed E-state index contributed by atoms with van der Waals surface area (Å²) in [4.78, 5) is 15.8. The van der Waals surface area contributed by atoms with Gasteiger partial charge in [0, 0.05) is 53.9 Å². The molecular formula is C12H25N3O4S. The summed E-state index contributed by atoms with van der Waals surface area (Å²) in [5.41, 5.74) is 0. The van der Waals surface area contributed by atoms with Crippen molar-refractivity contribution < 1.29 is 17.9 Å². The maximum atomic E-state index is 12.2. The molecule has 0 aromatic heterocycles. The number of hydrogen-bond acceptors (Lipinski definition) is 5. The second-order valence-electron chi connectivity index (χ2n) is 5.34. The fourth-order valence-corrected chi connectivity index (χ4v) is 3.16. The Balaban J connectivity index is 2.85. The first kappa shape index (κ1) is 17.4. The minimum Gasteiger partial charge on any atom is -0.383 e. The fraction of sp³-hybridized carbons (Fsp3) is 0.917. The third-order valence-corrected chi connectivity index (χ3v) is 4.71. The predicted octanol–water partition coefficient (Wildman–Crippen LogP) is -1.09. The maximum Gasteiger partial charge on any atom is 0.227 e. The van der Waals surface area contributed by atoms with Crippen LogP contribution in [0.3, 0.4) is 0 Å². The van der Waals surface area contributed by atoms with Gasteiger partial charge in [0.15, 0.2) is 0 Å². The number of amides is 1. The molecule has 0 aromatic rings. The molecule has 0 bridgehead atoms. The summed E-state index contributed by atoms with van der Waals surface area (Å²) in [5.74, 6) is -0.373. The lowest BCUT2D eigenvalue weighted by atomic mass is 10.1. The minimum atomic E-state index is -3.28. The van der Waals surface area contributed by atoms with E-state index in [1.54, 1.807) is 21.2 Å². The smallest absolute Gasteiger partial charge is 0.227 e. The van der Waals surface area contributed by atoms with Crippen molar-refractivity contribution in [3.63, 3.8) is 0 Å². The number of carbonyl (C=O) groups excluding carboxylic acids is 1. The molecule has 0 saturated carbocycles. The van der Waals surface area contributed by atoms with Gasteiger partial charge in [0.1, 0.15) is 0 Å². The molecule has 0 spiro atoms. The molecule has 8 heteroatoms. The van der Waals surface area contributed by atoms with Gasteiger partial charge in [-0.15, -0.1) is 0 Å². The van der Waals surface area contributed by atoms with Crippen molar-refractivity contribution in [2.24, 2.45) is 5.92 Å². The Morgan fingerprint density at radius 1 is 1.30 bits per heavy atom. The molecule has 7 nitrogen and oxygen atoms in total. The van der Waals surface area contributed by atoms with Crippen LogP contribution in [0.15, 0.2) is 0 Å². The van der Waals surface area contributed by atoms with E-state index < -0.39 is 10.0 Å². The molecule has 1 amide bonds. The molecule has 0 N–H and O–H groups in total. The number of hydrogen-bond donors (Lipinski definition) is 0. The highest BCUT2D eigenvalue weighted by atomic mass is 32.2. The third kappa shape index (κ3) is 5.01. The molecule has 0 aromatic carbocycles. The van der Waals surface area contributed by atoms with Crippen molar-refractivity contribution in [3.8, 4) is 0 Å². The highest BCUT2D eigenvalue weighted by Gasteiger charge is 2.32. The first-order valence-corrected chi connectivity index (χ1v) is 8.48. The molecule has 1 heterocycles. The summed E-state index contributed by atoms with van der Waals surface area (Å²) in [6.45, 7) is 3.12. The molecule has 118 valence electrons. The molecule has 0 aliphatic carbocycles. The van der Waals surface area contributed by atoms with E-state index in [-0.39, 0.29) is 18.4 Å². The Bertz CT molecular complexity index is 424. The van der Waals surface area contributed by atoms with E-state index in [2.05, 4.69) is 4.90 Å². The summed E-state index contributed by atoms with van der Waals surface area (Å²) in [7, 11) is 1.73. The molecule has 1 fully saturated rings. The van der Waals surface area contributed by atoms with Crippen LogP contribution in [0.5, 0.6) is 0 Å².